The molecule has 1 fully saturated rings. The summed E-state index contributed by atoms with van der Waals surface area (Å²) < 4.78 is 0. The van der Waals surface area contributed by atoms with Gasteiger partial charge in [-0.15, -0.1) is 0 Å². The Morgan fingerprint density at radius 2 is 2.12 bits per heavy atom. The second-order valence-electron chi connectivity index (χ2n) is 5.98. The maximum Gasteiger partial charge on any atom is 0.0172 e. The molecule has 1 aliphatic rings. The van der Waals surface area contributed by atoms with E-state index in [4.69, 9.17) is 0 Å². The van der Waals surface area contributed by atoms with Gasteiger partial charge in [0.2, 0.25) is 0 Å². The SMILES string of the molecule is CCCNCC(C)(C)CN1CCSC(CC)C1. The van der Waals surface area contributed by atoms with Gasteiger partial charge in [0.05, 0.1) is 0 Å². The largest absolute Gasteiger partial charge is 0.316 e. The monoisotopic (exact) mass is 258 g/mol. The predicted octanol–water partition coefficient (Wildman–Crippen LogP) is 2.84. The molecule has 0 aromatic carbocycles. The van der Waals surface area contributed by atoms with Crippen molar-refractivity contribution in [3.8, 4) is 0 Å². The van der Waals surface area contributed by atoms with E-state index in [9.17, 15) is 0 Å². The summed E-state index contributed by atoms with van der Waals surface area (Å²) in [6.45, 7) is 15.4. The van der Waals surface area contributed by atoms with Crippen molar-refractivity contribution < 1.29 is 0 Å². The third kappa shape index (κ3) is 6.12. The number of hydrogen-bond donors (Lipinski definition) is 1. The van der Waals surface area contributed by atoms with Crippen LogP contribution in [0.25, 0.3) is 0 Å². The van der Waals surface area contributed by atoms with Crippen molar-refractivity contribution in [1.82, 2.24) is 10.2 Å². The van der Waals surface area contributed by atoms with Crippen LogP contribution in [0, 0.1) is 5.41 Å². The Balaban J connectivity index is 2.30. The van der Waals surface area contributed by atoms with Crippen LogP contribution in [-0.2, 0) is 0 Å². The first kappa shape index (κ1) is 15.3. The maximum absolute atomic E-state index is 3.56. The van der Waals surface area contributed by atoms with Crippen LogP contribution in [0.3, 0.4) is 0 Å². The Labute approximate surface area is 112 Å². The van der Waals surface area contributed by atoms with E-state index in [-0.39, 0.29) is 0 Å². The van der Waals surface area contributed by atoms with Gasteiger partial charge in [-0.3, -0.25) is 0 Å². The smallest absolute Gasteiger partial charge is 0.0172 e. The molecule has 2 nitrogen and oxygen atoms in total. The van der Waals surface area contributed by atoms with Gasteiger partial charge in [-0.25, -0.2) is 0 Å². The number of rotatable bonds is 7. The van der Waals surface area contributed by atoms with E-state index in [1.165, 1.54) is 38.2 Å². The zero-order chi connectivity index (χ0) is 12.7. The lowest BCUT2D eigenvalue weighted by atomic mass is 9.92. The molecule has 0 aliphatic carbocycles. The lowest BCUT2D eigenvalue weighted by molar-refractivity contribution is 0.178. The normalized spacial score (nSPS) is 22.9. The Hall–Kier alpha value is 0.270. The second-order valence-corrected chi connectivity index (χ2v) is 7.39. The van der Waals surface area contributed by atoms with Crippen LogP contribution >= 0.6 is 11.8 Å². The number of nitrogens with one attached hydrogen (secondary N) is 1. The van der Waals surface area contributed by atoms with E-state index < -0.39 is 0 Å². The predicted molar refractivity (Wildman–Crippen MR) is 79.9 cm³/mol. The van der Waals surface area contributed by atoms with Crippen molar-refractivity contribution in [2.75, 3.05) is 38.5 Å². The molecule has 1 heterocycles. The van der Waals surface area contributed by atoms with Crippen LogP contribution in [0.1, 0.15) is 40.5 Å². The molecule has 1 unspecified atom stereocenters. The van der Waals surface area contributed by atoms with E-state index in [1.807, 2.05) is 0 Å². The summed E-state index contributed by atoms with van der Waals surface area (Å²) in [5, 5.41) is 4.42. The molecule has 1 N–H and O–H groups in total. The van der Waals surface area contributed by atoms with Crippen LogP contribution in [0.15, 0.2) is 0 Å². The van der Waals surface area contributed by atoms with Gasteiger partial charge in [-0.1, -0.05) is 27.7 Å². The molecule has 0 bridgehead atoms. The summed E-state index contributed by atoms with van der Waals surface area (Å²) >= 11 is 2.16. The van der Waals surface area contributed by atoms with Crippen LogP contribution < -0.4 is 5.32 Å². The fraction of sp³-hybridized carbons (Fsp3) is 1.00. The molecule has 0 amide bonds. The Morgan fingerprint density at radius 1 is 1.35 bits per heavy atom. The highest BCUT2D eigenvalue weighted by molar-refractivity contribution is 8.00. The molecule has 1 rings (SSSR count). The number of hydrogen-bond acceptors (Lipinski definition) is 3. The molecule has 102 valence electrons. The molecule has 0 saturated carbocycles. The zero-order valence-corrected chi connectivity index (χ0v) is 12.9. The third-order valence-corrected chi connectivity index (χ3v) is 4.73. The van der Waals surface area contributed by atoms with Crippen molar-refractivity contribution in [2.45, 2.75) is 45.8 Å². The molecular formula is C14H30N2S. The summed E-state index contributed by atoms with van der Waals surface area (Å²) in [5.41, 5.74) is 0.398. The molecule has 1 atom stereocenters. The lowest BCUT2D eigenvalue weighted by Gasteiger charge is -2.37. The van der Waals surface area contributed by atoms with Gasteiger partial charge in [0, 0.05) is 37.2 Å². The van der Waals surface area contributed by atoms with Gasteiger partial charge in [0.25, 0.3) is 0 Å². The van der Waals surface area contributed by atoms with E-state index in [0.717, 1.165) is 18.3 Å². The Bertz CT molecular complexity index is 206. The van der Waals surface area contributed by atoms with E-state index in [1.54, 1.807) is 0 Å². The summed E-state index contributed by atoms with van der Waals surface area (Å²) in [7, 11) is 0. The first-order valence-electron chi connectivity index (χ1n) is 7.12. The minimum absolute atomic E-state index is 0.398. The number of nitrogens with zero attached hydrogens (tertiary/aromatic N) is 1. The van der Waals surface area contributed by atoms with E-state index in [0.29, 0.717) is 5.41 Å². The van der Waals surface area contributed by atoms with Crippen molar-refractivity contribution in [3.05, 3.63) is 0 Å². The highest BCUT2D eigenvalue weighted by Crippen LogP contribution is 2.24. The standard InChI is InChI=1S/C14H30N2S/c1-5-7-15-11-14(3,4)12-16-8-9-17-13(6-2)10-16/h13,15H,5-12H2,1-4H3. The quantitative estimate of drug-likeness (QED) is 0.707. The first-order chi connectivity index (χ1) is 8.07. The fourth-order valence-electron chi connectivity index (χ4n) is 2.44. The number of thioether (sulfide) groups is 1. The van der Waals surface area contributed by atoms with Gasteiger partial charge in [-0.05, 0) is 24.8 Å². The molecule has 0 aromatic rings. The topological polar surface area (TPSA) is 15.3 Å². The van der Waals surface area contributed by atoms with Gasteiger partial charge in [0.15, 0.2) is 0 Å². The van der Waals surface area contributed by atoms with Crippen molar-refractivity contribution >= 4 is 11.8 Å². The van der Waals surface area contributed by atoms with Crippen molar-refractivity contribution in [3.63, 3.8) is 0 Å². The van der Waals surface area contributed by atoms with E-state index in [2.05, 4.69) is 49.7 Å². The van der Waals surface area contributed by atoms with Gasteiger partial charge < -0.3 is 10.2 Å². The summed E-state index contributed by atoms with van der Waals surface area (Å²) in [4.78, 5) is 2.66. The van der Waals surface area contributed by atoms with Gasteiger partial charge >= 0.3 is 0 Å². The maximum atomic E-state index is 3.56. The average molecular weight is 258 g/mol. The van der Waals surface area contributed by atoms with Crippen molar-refractivity contribution in [1.29, 1.82) is 0 Å². The molecule has 0 spiro atoms. The second kappa shape index (κ2) is 7.65. The van der Waals surface area contributed by atoms with E-state index >= 15 is 0 Å². The van der Waals surface area contributed by atoms with Gasteiger partial charge in [0.1, 0.15) is 0 Å². The van der Waals surface area contributed by atoms with Crippen molar-refractivity contribution in [2.24, 2.45) is 5.41 Å². The zero-order valence-electron chi connectivity index (χ0n) is 12.1. The van der Waals surface area contributed by atoms with Gasteiger partial charge in [-0.2, -0.15) is 11.8 Å². The first-order valence-corrected chi connectivity index (χ1v) is 8.17. The molecular weight excluding hydrogens is 228 g/mol. The van der Waals surface area contributed by atoms with Crippen LogP contribution in [-0.4, -0.2) is 48.6 Å². The summed E-state index contributed by atoms with van der Waals surface area (Å²) in [6.07, 6.45) is 2.55. The molecule has 1 aliphatic heterocycles. The fourth-order valence-corrected chi connectivity index (χ4v) is 3.68. The van der Waals surface area contributed by atoms with Crippen LogP contribution in [0.4, 0.5) is 0 Å². The minimum Gasteiger partial charge on any atom is -0.316 e. The highest BCUT2D eigenvalue weighted by Gasteiger charge is 2.25. The Morgan fingerprint density at radius 3 is 2.76 bits per heavy atom. The molecule has 0 radical (unpaired) electrons. The highest BCUT2D eigenvalue weighted by atomic mass is 32.2. The molecule has 17 heavy (non-hydrogen) atoms. The van der Waals surface area contributed by atoms with Crippen LogP contribution in [0.5, 0.6) is 0 Å². The average Bonchev–Trinajstić information content (AvgIpc) is 2.29. The Kier molecular flexibility index (Phi) is 6.90. The summed E-state index contributed by atoms with van der Waals surface area (Å²) in [6, 6.07) is 0. The minimum atomic E-state index is 0.398. The van der Waals surface area contributed by atoms with Crippen LogP contribution in [0.2, 0.25) is 0 Å². The molecule has 1 saturated heterocycles. The molecule has 0 aromatic heterocycles. The molecule has 3 heteroatoms. The summed E-state index contributed by atoms with van der Waals surface area (Å²) in [5.74, 6) is 1.32. The lowest BCUT2D eigenvalue weighted by Crippen LogP contribution is -2.45. The third-order valence-electron chi connectivity index (χ3n) is 3.36.